The number of amides is 2. The minimum atomic E-state index is -0.611. The molecule has 7 nitrogen and oxygen atoms in total. The van der Waals surface area contributed by atoms with E-state index in [2.05, 4.69) is 44.7 Å². The summed E-state index contributed by atoms with van der Waals surface area (Å²) in [6, 6.07) is 20.2. The average Bonchev–Trinajstić information content (AvgIpc) is 3.25. The molecule has 6 rings (SSSR count). The second kappa shape index (κ2) is 11.5. The van der Waals surface area contributed by atoms with Gasteiger partial charge in [-0.15, -0.1) is 4.91 Å². The van der Waals surface area contributed by atoms with Crippen LogP contribution in [0, 0.1) is 17.6 Å². The Bertz CT molecular complexity index is 1470. The third kappa shape index (κ3) is 5.53. The monoisotopic (exact) mass is 553 g/mol. The number of halogens is 1. The summed E-state index contributed by atoms with van der Waals surface area (Å²) in [7, 11) is 0. The zero-order valence-electron chi connectivity index (χ0n) is 23.5. The maximum Gasteiger partial charge on any atom is 0.350 e. The number of anilines is 1. The number of piperidine rings is 1. The zero-order valence-corrected chi connectivity index (χ0v) is 23.5. The minimum Gasteiger partial charge on any atom is -0.369 e. The lowest BCUT2D eigenvalue weighted by atomic mass is 9.83. The Morgan fingerprint density at radius 1 is 1.00 bits per heavy atom. The van der Waals surface area contributed by atoms with Gasteiger partial charge in [-0.2, -0.15) is 4.99 Å². The molecule has 41 heavy (non-hydrogen) atoms. The van der Waals surface area contributed by atoms with Gasteiger partial charge in [0.25, 0.3) is 0 Å². The van der Waals surface area contributed by atoms with Crippen LogP contribution in [-0.2, 0) is 6.54 Å². The van der Waals surface area contributed by atoms with Crippen molar-refractivity contribution in [2.45, 2.75) is 70.0 Å². The van der Waals surface area contributed by atoms with Crippen molar-refractivity contribution < 1.29 is 9.18 Å². The Morgan fingerprint density at radius 3 is 2.54 bits per heavy atom. The maximum atomic E-state index is 14.3. The van der Waals surface area contributed by atoms with E-state index < -0.39 is 5.54 Å². The van der Waals surface area contributed by atoms with E-state index in [0.717, 1.165) is 55.0 Å². The molecule has 3 aromatic rings. The highest BCUT2D eigenvalue weighted by atomic mass is 19.1. The van der Waals surface area contributed by atoms with Crippen molar-refractivity contribution in [3.63, 3.8) is 0 Å². The van der Waals surface area contributed by atoms with E-state index in [1.54, 1.807) is 23.1 Å². The van der Waals surface area contributed by atoms with Crippen LogP contribution in [0.25, 0.3) is 11.1 Å². The van der Waals surface area contributed by atoms with Gasteiger partial charge in [0.05, 0.1) is 0 Å². The number of hydrogen-bond acceptors (Lipinski definition) is 5. The van der Waals surface area contributed by atoms with Crippen LogP contribution in [0.3, 0.4) is 0 Å². The van der Waals surface area contributed by atoms with Gasteiger partial charge < -0.3 is 5.32 Å². The molecule has 0 atom stereocenters. The quantitative estimate of drug-likeness (QED) is 0.321. The molecule has 2 amide bonds. The molecule has 3 aliphatic rings. The molecule has 0 radical (unpaired) electrons. The van der Waals surface area contributed by atoms with Crippen LogP contribution in [0.5, 0.6) is 0 Å². The van der Waals surface area contributed by atoms with E-state index in [-0.39, 0.29) is 11.8 Å². The smallest absolute Gasteiger partial charge is 0.350 e. The molecule has 2 heterocycles. The molecule has 2 aliphatic heterocycles. The van der Waals surface area contributed by atoms with Gasteiger partial charge in [0.1, 0.15) is 22.9 Å². The van der Waals surface area contributed by atoms with Gasteiger partial charge in [0.2, 0.25) is 0 Å². The molecule has 8 heteroatoms. The predicted octanol–water partition coefficient (Wildman–Crippen LogP) is 7.49. The molecule has 1 N–H and O–H groups in total. The first-order valence-corrected chi connectivity index (χ1v) is 14.7. The van der Waals surface area contributed by atoms with Crippen molar-refractivity contribution in [1.82, 2.24) is 10.2 Å². The summed E-state index contributed by atoms with van der Waals surface area (Å²) in [6.45, 7) is 4.36. The van der Waals surface area contributed by atoms with Crippen LogP contribution in [0.2, 0.25) is 0 Å². The largest absolute Gasteiger partial charge is 0.369 e. The topological polar surface area (TPSA) is 77.4 Å². The van der Waals surface area contributed by atoms with Crippen LogP contribution in [0.1, 0.15) is 56.1 Å². The highest BCUT2D eigenvalue weighted by molar-refractivity contribution is 6.16. The third-order valence-electron chi connectivity index (χ3n) is 8.93. The number of likely N-dealkylation sites (tertiary alicyclic amines) is 1. The van der Waals surface area contributed by atoms with Crippen LogP contribution in [0.4, 0.5) is 20.6 Å². The number of nitrogens with one attached hydrogen (secondary N) is 1. The molecule has 1 saturated carbocycles. The summed E-state index contributed by atoms with van der Waals surface area (Å²) < 4.78 is 14.3. The Labute approximate surface area is 240 Å². The lowest BCUT2D eigenvalue weighted by molar-refractivity contribution is 0.181. The summed E-state index contributed by atoms with van der Waals surface area (Å²) in [6.07, 6.45) is 7.19. The second-order valence-electron chi connectivity index (χ2n) is 11.6. The van der Waals surface area contributed by atoms with E-state index >= 15 is 0 Å². The van der Waals surface area contributed by atoms with Crippen molar-refractivity contribution >= 4 is 23.2 Å². The lowest BCUT2D eigenvalue weighted by Gasteiger charge is -2.45. The van der Waals surface area contributed by atoms with Gasteiger partial charge in [-0.3, -0.25) is 9.80 Å². The summed E-state index contributed by atoms with van der Waals surface area (Å²) in [5.74, 6) is 0.389. The van der Waals surface area contributed by atoms with Crippen molar-refractivity contribution in [1.29, 1.82) is 0 Å². The molecule has 0 aromatic heterocycles. The Kier molecular flexibility index (Phi) is 7.67. The van der Waals surface area contributed by atoms with Crippen molar-refractivity contribution in [2.75, 3.05) is 18.0 Å². The van der Waals surface area contributed by atoms with E-state index in [4.69, 9.17) is 0 Å². The van der Waals surface area contributed by atoms with Gasteiger partial charge >= 0.3 is 6.03 Å². The second-order valence-corrected chi connectivity index (χ2v) is 11.6. The molecule has 0 bridgehead atoms. The van der Waals surface area contributed by atoms with Gasteiger partial charge in [-0.25, -0.2) is 9.18 Å². The van der Waals surface area contributed by atoms with Gasteiger partial charge in [-0.1, -0.05) is 49.6 Å². The SMILES string of the molecule is Cc1ccc(N=O)cc1-c1cccc(CN2CCC3(CC2)C(NC2CCCCC2)=NC(=O)N3c2cccc(F)c2)c1. The van der Waals surface area contributed by atoms with Gasteiger partial charge in [0.15, 0.2) is 0 Å². The molecule has 1 aliphatic carbocycles. The number of amidine groups is 1. The number of aliphatic imine (C=N–C) groups is 1. The first-order valence-electron chi connectivity index (χ1n) is 14.7. The fourth-order valence-electron chi connectivity index (χ4n) is 6.73. The van der Waals surface area contributed by atoms with Crippen molar-refractivity contribution in [2.24, 2.45) is 10.2 Å². The van der Waals surface area contributed by atoms with Crippen molar-refractivity contribution in [3.05, 3.63) is 88.6 Å². The number of carbonyl (C=O) groups is 1. The van der Waals surface area contributed by atoms with Crippen LogP contribution in [0.15, 0.2) is 76.9 Å². The highest BCUT2D eigenvalue weighted by Gasteiger charge is 2.52. The number of urea groups is 1. The molecule has 1 saturated heterocycles. The third-order valence-corrected chi connectivity index (χ3v) is 8.93. The first kappa shape index (κ1) is 27.3. The van der Waals surface area contributed by atoms with Crippen LogP contribution >= 0.6 is 0 Å². The number of aryl methyl sites for hydroxylation is 1. The van der Waals surface area contributed by atoms with E-state index in [0.29, 0.717) is 30.3 Å². The number of rotatable bonds is 6. The van der Waals surface area contributed by atoms with Crippen LogP contribution in [-0.4, -0.2) is 41.4 Å². The van der Waals surface area contributed by atoms with Gasteiger partial charge in [-0.05, 0) is 96.4 Å². The summed E-state index contributed by atoms with van der Waals surface area (Å²) >= 11 is 0. The average molecular weight is 554 g/mol. The van der Waals surface area contributed by atoms with E-state index in [9.17, 15) is 14.1 Å². The maximum absolute atomic E-state index is 14.3. The number of nitrogens with zero attached hydrogens (tertiary/aromatic N) is 4. The molecule has 0 unspecified atom stereocenters. The normalized spacial score (nSPS) is 19.4. The van der Waals surface area contributed by atoms with E-state index in [1.165, 1.54) is 37.0 Å². The molecule has 212 valence electrons. The number of hydrogen-bond donors (Lipinski definition) is 1. The number of carbonyl (C=O) groups excluding carboxylic acids is 1. The molecule has 3 aromatic carbocycles. The Hall–Kier alpha value is -3.91. The minimum absolute atomic E-state index is 0.316. The molecular formula is C33H36FN5O2. The highest BCUT2D eigenvalue weighted by Crippen LogP contribution is 2.40. The van der Waals surface area contributed by atoms with Crippen molar-refractivity contribution in [3.8, 4) is 11.1 Å². The van der Waals surface area contributed by atoms with Gasteiger partial charge in [0, 0.05) is 31.4 Å². The predicted molar refractivity (Wildman–Crippen MR) is 161 cm³/mol. The fraction of sp³-hybridized carbons (Fsp3) is 0.394. The summed E-state index contributed by atoms with van der Waals surface area (Å²) in [4.78, 5) is 33.2. The van der Waals surface area contributed by atoms with Crippen LogP contribution < -0.4 is 10.2 Å². The Balaban J connectivity index is 1.22. The fourth-order valence-corrected chi connectivity index (χ4v) is 6.73. The summed E-state index contributed by atoms with van der Waals surface area (Å²) in [5, 5.41) is 6.78. The lowest BCUT2D eigenvalue weighted by Crippen LogP contribution is -2.62. The van der Waals surface area contributed by atoms with E-state index in [1.807, 2.05) is 19.1 Å². The standard InChI is InChI=1S/C33H36FN5O2/c1-23-13-14-28(37-41)21-30(23)25-8-5-7-24(19-25)22-38-17-15-33(16-18-38)31(35-27-10-3-2-4-11-27)36-32(40)39(33)29-12-6-9-26(34)20-29/h5-9,12-14,19-21,27H,2-4,10-11,15-18,22H2,1H3,(H,35,36,40). The molecule has 1 spiro atoms. The number of nitroso groups, excluding NO2 is 1. The number of benzene rings is 3. The molecule has 2 fully saturated rings. The summed E-state index contributed by atoms with van der Waals surface area (Å²) in [5.41, 5.74) is 4.71. The Morgan fingerprint density at radius 2 is 1.78 bits per heavy atom. The molecular weight excluding hydrogens is 517 g/mol. The zero-order chi connectivity index (χ0) is 28.4. The first-order chi connectivity index (χ1) is 19.9.